The highest BCUT2D eigenvalue weighted by atomic mass is 16.3. The predicted molar refractivity (Wildman–Crippen MR) is 94.0 cm³/mol. The van der Waals surface area contributed by atoms with Crippen LogP contribution in [0.1, 0.15) is 54.7 Å². The van der Waals surface area contributed by atoms with Gasteiger partial charge in [0.2, 0.25) is 0 Å². The number of urea groups is 1. The zero-order valence-electron chi connectivity index (χ0n) is 14.7. The third-order valence-electron chi connectivity index (χ3n) is 4.54. The molecular weight excluding hydrogens is 318 g/mol. The van der Waals surface area contributed by atoms with Crippen LogP contribution in [-0.2, 0) is 13.0 Å². The van der Waals surface area contributed by atoms with Crippen LogP contribution in [0.15, 0.2) is 24.3 Å². The number of aryl methyl sites for hydroxylation is 3. The van der Waals surface area contributed by atoms with Crippen molar-refractivity contribution in [3.05, 3.63) is 47.0 Å². The van der Waals surface area contributed by atoms with E-state index in [9.17, 15) is 9.90 Å². The Morgan fingerprint density at radius 3 is 3.00 bits per heavy atom. The predicted octanol–water partition coefficient (Wildman–Crippen LogP) is 2.02. The topological polar surface area (TPSA) is 92.1 Å². The van der Waals surface area contributed by atoms with Gasteiger partial charge in [-0.25, -0.2) is 14.5 Å². The summed E-state index contributed by atoms with van der Waals surface area (Å²) in [5.74, 6) is 1.62. The molecule has 25 heavy (non-hydrogen) atoms. The van der Waals surface area contributed by atoms with Gasteiger partial charge in [0.25, 0.3) is 0 Å². The fourth-order valence-electron chi connectivity index (χ4n) is 3.16. The Kier molecular flexibility index (Phi) is 5.33. The Morgan fingerprint density at radius 1 is 1.44 bits per heavy atom. The van der Waals surface area contributed by atoms with Gasteiger partial charge in [0.05, 0.1) is 12.1 Å². The smallest absolute Gasteiger partial charge is 0.315 e. The molecule has 2 atom stereocenters. The summed E-state index contributed by atoms with van der Waals surface area (Å²) in [6, 6.07) is 7.18. The number of aromatic nitrogens is 3. The molecule has 0 saturated heterocycles. The standard InChI is InChI=1S/C18H25N5O2/c1-3-16-21-17-14(9-6-10-23(17)22-16)20-18(25)19-11-15(24)13-8-5-4-7-12(13)2/h4-5,7-8,14-15,24H,3,6,9-11H2,1-2H3,(H2,19,20,25). The molecule has 1 aromatic heterocycles. The van der Waals surface area contributed by atoms with Crippen LogP contribution in [0.4, 0.5) is 4.79 Å². The van der Waals surface area contributed by atoms with Crippen molar-refractivity contribution in [3.63, 3.8) is 0 Å². The monoisotopic (exact) mass is 343 g/mol. The average molecular weight is 343 g/mol. The SMILES string of the molecule is CCc1nc2n(n1)CCCC2NC(=O)NCC(O)c1ccccc1C. The van der Waals surface area contributed by atoms with Crippen molar-refractivity contribution in [2.24, 2.45) is 0 Å². The van der Waals surface area contributed by atoms with Gasteiger partial charge in [-0.15, -0.1) is 0 Å². The summed E-state index contributed by atoms with van der Waals surface area (Å²) in [7, 11) is 0. The largest absolute Gasteiger partial charge is 0.387 e. The molecule has 0 radical (unpaired) electrons. The molecule has 0 fully saturated rings. The molecular formula is C18H25N5O2. The average Bonchev–Trinajstić information content (AvgIpc) is 3.04. The maximum absolute atomic E-state index is 12.2. The molecule has 7 nitrogen and oxygen atoms in total. The molecule has 0 saturated carbocycles. The van der Waals surface area contributed by atoms with Crippen LogP contribution in [0, 0.1) is 6.92 Å². The molecule has 1 aliphatic heterocycles. The zero-order valence-corrected chi connectivity index (χ0v) is 14.7. The van der Waals surface area contributed by atoms with E-state index in [2.05, 4.69) is 20.7 Å². The summed E-state index contributed by atoms with van der Waals surface area (Å²) in [6.07, 6.45) is 1.85. The molecule has 1 aromatic carbocycles. The minimum atomic E-state index is -0.728. The van der Waals surface area contributed by atoms with Gasteiger partial charge >= 0.3 is 6.03 Å². The number of aliphatic hydroxyl groups is 1. The highest BCUT2D eigenvalue weighted by molar-refractivity contribution is 5.74. The Hall–Kier alpha value is -2.41. The number of rotatable bonds is 5. The van der Waals surface area contributed by atoms with Gasteiger partial charge in [0.15, 0.2) is 5.82 Å². The lowest BCUT2D eigenvalue weighted by atomic mass is 10.0. The van der Waals surface area contributed by atoms with E-state index in [-0.39, 0.29) is 18.6 Å². The first kappa shape index (κ1) is 17.4. The number of amides is 2. The summed E-state index contributed by atoms with van der Waals surface area (Å²) < 4.78 is 1.88. The molecule has 7 heteroatoms. The van der Waals surface area contributed by atoms with E-state index in [1.807, 2.05) is 42.8 Å². The molecule has 3 N–H and O–H groups in total. The highest BCUT2D eigenvalue weighted by Gasteiger charge is 2.25. The molecule has 1 aliphatic rings. The highest BCUT2D eigenvalue weighted by Crippen LogP contribution is 2.23. The summed E-state index contributed by atoms with van der Waals surface area (Å²) >= 11 is 0. The summed E-state index contributed by atoms with van der Waals surface area (Å²) in [6.45, 7) is 4.96. The van der Waals surface area contributed by atoms with Crippen LogP contribution in [-0.4, -0.2) is 32.4 Å². The summed E-state index contributed by atoms with van der Waals surface area (Å²) in [5.41, 5.74) is 1.83. The lowest BCUT2D eigenvalue weighted by Gasteiger charge is -2.23. The number of benzene rings is 1. The van der Waals surface area contributed by atoms with E-state index in [1.54, 1.807) is 0 Å². The van der Waals surface area contributed by atoms with Crippen molar-refractivity contribution < 1.29 is 9.90 Å². The van der Waals surface area contributed by atoms with Crippen molar-refractivity contribution in [1.29, 1.82) is 0 Å². The van der Waals surface area contributed by atoms with E-state index in [1.165, 1.54) is 0 Å². The van der Waals surface area contributed by atoms with E-state index >= 15 is 0 Å². The first-order chi connectivity index (χ1) is 12.1. The number of hydrogen-bond donors (Lipinski definition) is 3. The number of carbonyl (C=O) groups excluding carboxylic acids is 1. The van der Waals surface area contributed by atoms with E-state index < -0.39 is 6.10 Å². The van der Waals surface area contributed by atoms with Crippen LogP contribution in [0.25, 0.3) is 0 Å². The van der Waals surface area contributed by atoms with Crippen LogP contribution in [0.2, 0.25) is 0 Å². The van der Waals surface area contributed by atoms with Gasteiger partial charge in [0.1, 0.15) is 5.82 Å². The van der Waals surface area contributed by atoms with Crippen molar-refractivity contribution in [2.75, 3.05) is 6.54 Å². The number of fused-ring (bicyclic) bond motifs is 1. The normalized spacial score (nSPS) is 17.6. The molecule has 0 bridgehead atoms. The Labute approximate surface area is 147 Å². The van der Waals surface area contributed by atoms with Crippen LogP contribution < -0.4 is 10.6 Å². The fourth-order valence-corrected chi connectivity index (χ4v) is 3.16. The molecule has 134 valence electrons. The first-order valence-corrected chi connectivity index (χ1v) is 8.80. The molecule has 2 unspecified atom stereocenters. The van der Waals surface area contributed by atoms with E-state index in [0.717, 1.165) is 48.6 Å². The molecule has 0 spiro atoms. The quantitative estimate of drug-likeness (QED) is 0.774. The Bertz CT molecular complexity index is 743. The van der Waals surface area contributed by atoms with E-state index in [4.69, 9.17) is 0 Å². The van der Waals surface area contributed by atoms with Crippen molar-refractivity contribution in [3.8, 4) is 0 Å². The van der Waals surface area contributed by atoms with Gasteiger partial charge in [-0.3, -0.25) is 0 Å². The second kappa shape index (κ2) is 7.65. The number of nitrogens with one attached hydrogen (secondary N) is 2. The molecule has 2 amide bonds. The number of hydrogen-bond acceptors (Lipinski definition) is 4. The minimum absolute atomic E-state index is 0.142. The lowest BCUT2D eigenvalue weighted by Crippen LogP contribution is -2.41. The molecule has 2 heterocycles. The zero-order chi connectivity index (χ0) is 17.8. The Balaban J connectivity index is 1.57. The fraction of sp³-hybridized carbons (Fsp3) is 0.500. The minimum Gasteiger partial charge on any atom is -0.387 e. The van der Waals surface area contributed by atoms with E-state index in [0.29, 0.717) is 0 Å². The van der Waals surface area contributed by atoms with Crippen LogP contribution in [0.5, 0.6) is 0 Å². The second-order valence-corrected chi connectivity index (χ2v) is 6.38. The van der Waals surface area contributed by atoms with Crippen LogP contribution >= 0.6 is 0 Å². The van der Waals surface area contributed by atoms with Gasteiger partial charge in [-0.2, -0.15) is 5.10 Å². The maximum atomic E-state index is 12.2. The lowest BCUT2D eigenvalue weighted by molar-refractivity contribution is 0.171. The summed E-state index contributed by atoms with van der Waals surface area (Å²) in [4.78, 5) is 16.7. The van der Waals surface area contributed by atoms with Crippen molar-refractivity contribution in [2.45, 2.75) is 51.8 Å². The molecule has 0 aliphatic carbocycles. The second-order valence-electron chi connectivity index (χ2n) is 6.38. The van der Waals surface area contributed by atoms with Gasteiger partial charge in [-0.1, -0.05) is 31.2 Å². The van der Waals surface area contributed by atoms with Gasteiger partial charge in [-0.05, 0) is 30.9 Å². The van der Waals surface area contributed by atoms with Crippen LogP contribution in [0.3, 0.4) is 0 Å². The van der Waals surface area contributed by atoms with Gasteiger partial charge < -0.3 is 15.7 Å². The summed E-state index contributed by atoms with van der Waals surface area (Å²) in [5, 5.41) is 20.4. The first-order valence-electron chi connectivity index (χ1n) is 8.80. The number of aliphatic hydroxyl groups excluding tert-OH is 1. The Morgan fingerprint density at radius 2 is 2.24 bits per heavy atom. The molecule has 3 rings (SSSR count). The third kappa shape index (κ3) is 3.99. The van der Waals surface area contributed by atoms with Gasteiger partial charge in [0, 0.05) is 19.5 Å². The number of carbonyl (C=O) groups is 1. The van der Waals surface area contributed by atoms with Crippen molar-refractivity contribution in [1.82, 2.24) is 25.4 Å². The maximum Gasteiger partial charge on any atom is 0.315 e. The number of nitrogens with zero attached hydrogens (tertiary/aromatic N) is 3. The third-order valence-corrected chi connectivity index (χ3v) is 4.54. The molecule has 2 aromatic rings. The van der Waals surface area contributed by atoms with Crippen molar-refractivity contribution >= 4 is 6.03 Å².